The van der Waals surface area contributed by atoms with Gasteiger partial charge in [-0.3, -0.25) is 9.59 Å². The van der Waals surface area contributed by atoms with Gasteiger partial charge in [-0.1, -0.05) is 0 Å². The topological polar surface area (TPSA) is 66.4 Å². The van der Waals surface area contributed by atoms with Crippen LogP contribution in [0.3, 0.4) is 0 Å². The molecule has 1 aromatic heterocycles. The summed E-state index contributed by atoms with van der Waals surface area (Å²) in [7, 11) is 0. The smallest absolute Gasteiger partial charge is 0.306 e. The molecule has 2 rings (SSSR count). The molecule has 0 spiro atoms. The standard InChI is InChI=1S/C12H14BrNO3S/c1-6-4-9(18-10(6)13)11(15)14-8-3-2-7(5-8)12(16)17/h4,7-8H,2-3,5H2,1H3,(H,14,15)(H,16,17). The third-order valence-corrected chi connectivity index (χ3v) is 5.33. The van der Waals surface area contributed by atoms with E-state index in [0.717, 1.165) is 15.8 Å². The molecule has 0 aromatic carbocycles. The number of amides is 1. The number of carbonyl (C=O) groups excluding carboxylic acids is 1. The molecule has 98 valence electrons. The molecule has 1 aromatic rings. The van der Waals surface area contributed by atoms with Crippen molar-refractivity contribution in [2.45, 2.75) is 32.2 Å². The Bertz CT molecular complexity index is 466. The second-order valence-corrected chi connectivity index (χ2v) is 6.96. The zero-order chi connectivity index (χ0) is 13.3. The summed E-state index contributed by atoms with van der Waals surface area (Å²) in [6.45, 7) is 1.94. The molecule has 2 N–H and O–H groups in total. The van der Waals surface area contributed by atoms with Crippen molar-refractivity contribution in [3.8, 4) is 0 Å². The zero-order valence-corrected chi connectivity index (χ0v) is 12.3. The van der Waals surface area contributed by atoms with Crippen molar-refractivity contribution in [2.75, 3.05) is 0 Å². The van der Waals surface area contributed by atoms with E-state index in [1.54, 1.807) is 0 Å². The Balaban J connectivity index is 1.94. The van der Waals surface area contributed by atoms with Gasteiger partial charge < -0.3 is 10.4 Å². The normalized spacial score (nSPS) is 23.0. The Labute approximate surface area is 118 Å². The molecule has 18 heavy (non-hydrogen) atoms. The van der Waals surface area contributed by atoms with Gasteiger partial charge in [0.2, 0.25) is 0 Å². The number of nitrogens with one attached hydrogen (secondary N) is 1. The minimum absolute atomic E-state index is 0.0141. The van der Waals surface area contributed by atoms with E-state index in [4.69, 9.17) is 5.11 Å². The number of hydrogen-bond acceptors (Lipinski definition) is 3. The van der Waals surface area contributed by atoms with Gasteiger partial charge in [0, 0.05) is 6.04 Å². The molecule has 0 bridgehead atoms. The number of aliphatic carboxylic acids is 1. The molecule has 2 atom stereocenters. The van der Waals surface area contributed by atoms with Gasteiger partial charge in [-0.15, -0.1) is 11.3 Å². The fraction of sp³-hybridized carbons (Fsp3) is 0.500. The first-order valence-electron chi connectivity index (χ1n) is 5.77. The lowest BCUT2D eigenvalue weighted by atomic mass is 10.1. The van der Waals surface area contributed by atoms with Crippen molar-refractivity contribution >= 4 is 39.1 Å². The van der Waals surface area contributed by atoms with Crippen molar-refractivity contribution < 1.29 is 14.7 Å². The highest BCUT2D eigenvalue weighted by atomic mass is 79.9. The number of carboxylic acids is 1. The van der Waals surface area contributed by atoms with Crippen LogP contribution in [0.5, 0.6) is 0 Å². The Kier molecular flexibility index (Phi) is 4.07. The van der Waals surface area contributed by atoms with Crippen LogP contribution in [0.25, 0.3) is 0 Å². The van der Waals surface area contributed by atoms with Crippen molar-refractivity contribution in [1.29, 1.82) is 0 Å². The number of carbonyl (C=O) groups is 2. The number of carboxylic acid groups (broad SMARTS) is 1. The van der Waals surface area contributed by atoms with Gasteiger partial charge in [0.15, 0.2) is 0 Å². The van der Waals surface area contributed by atoms with Crippen molar-refractivity contribution in [3.05, 3.63) is 20.3 Å². The van der Waals surface area contributed by atoms with Gasteiger partial charge in [0.1, 0.15) is 0 Å². The van der Waals surface area contributed by atoms with Crippen LogP contribution in [0, 0.1) is 12.8 Å². The molecular formula is C12H14BrNO3S. The SMILES string of the molecule is Cc1cc(C(=O)NC2CCC(C(=O)O)C2)sc1Br. The number of thiophene rings is 1. The Hall–Kier alpha value is -0.880. The summed E-state index contributed by atoms with van der Waals surface area (Å²) in [5.74, 6) is -1.18. The molecule has 6 heteroatoms. The molecule has 1 fully saturated rings. The summed E-state index contributed by atoms with van der Waals surface area (Å²) >= 11 is 4.79. The number of aryl methyl sites for hydroxylation is 1. The van der Waals surface area contributed by atoms with Crippen molar-refractivity contribution in [3.63, 3.8) is 0 Å². The summed E-state index contributed by atoms with van der Waals surface area (Å²) in [5.41, 5.74) is 1.04. The minimum atomic E-state index is -0.763. The maximum Gasteiger partial charge on any atom is 0.306 e. The average Bonchev–Trinajstić information content (AvgIpc) is 2.87. The Morgan fingerprint density at radius 2 is 2.22 bits per heavy atom. The molecule has 1 saturated carbocycles. The monoisotopic (exact) mass is 331 g/mol. The lowest BCUT2D eigenvalue weighted by molar-refractivity contribution is -0.141. The highest BCUT2D eigenvalue weighted by molar-refractivity contribution is 9.11. The summed E-state index contributed by atoms with van der Waals surface area (Å²) in [5, 5.41) is 11.8. The maximum atomic E-state index is 12.0. The van der Waals surface area contributed by atoms with E-state index in [-0.39, 0.29) is 17.9 Å². The Morgan fingerprint density at radius 1 is 1.50 bits per heavy atom. The summed E-state index contributed by atoms with van der Waals surface area (Å²) in [4.78, 5) is 23.5. The maximum absolute atomic E-state index is 12.0. The lowest BCUT2D eigenvalue weighted by Gasteiger charge is -2.11. The highest BCUT2D eigenvalue weighted by Crippen LogP contribution is 2.29. The fourth-order valence-corrected chi connectivity index (χ4v) is 3.60. The summed E-state index contributed by atoms with van der Waals surface area (Å²) in [6.07, 6.45) is 1.92. The van der Waals surface area contributed by atoms with Gasteiger partial charge in [-0.05, 0) is 53.7 Å². The summed E-state index contributed by atoms with van der Waals surface area (Å²) in [6, 6.07) is 1.83. The number of halogens is 1. The molecule has 0 aliphatic heterocycles. The van der Waals surface area contributed by atoms with E-state index in [1.807, 2.05) is 13.0 Å². The van der Waals surface area contributed by atoms with Gasteiger partial charge in [0.25, 0.3) is 5.91 Å². The second-order valence-electron chi connectivity index (χ2n) is 4.59. The molecule has 1 aliphatic carbocycles. The highest BCUT2D eigenvalue weighted by Gasteiger charge is 2.30. The van der Waals surface area contributed by atoms with E-state index in [9.17, 15) is 9.59 Å². The first-order chi connectivity index (χ1) is 8.47. The van der Waals surface area contributed by atoms with E-state index in [0.29, 0.717) is 17.7 Å². The molecule has 1 amide bonds. The third-order valence-electron chi connectivity index (χ3n) is 3.20. The third kappa shape index (κ3) is 2.92. The molecule has 1 aliphatic rings. The molecule has 2 unspecified atom stereocenters. The predicted molar refractivity (Wildman–Crippen MR) is 73.0 cm³/mol. The molecule has 1 heterocycles. The van der Waals surface area contributed by atoms with Gasteiger partial charge in [-0.25, -0.2) is 0 Å². The van der Waals surface area contributed by atoms with Crippen LogP contribution in [0.2, 0.25) is 0 Å². The number of rotatable bonds is 3. The largest absolute Gasteiger partial charge is 0.481 e. The van der Waals surface area contributed by atoms with Gasteiger partial charge >= 0.3 is 5.97 Å². The molecule has 0 radical (unpaired) electrons. The van der Waals surface area contributed by atoms with Crippen LogP contribution in [0.4, 0.5) is 0 Å². The van der Waals surface area contributed by atoms with Crippen LogP contribution >= 0.6 is 27.3 Å². The fourth-order valence-electron chi connectivity index (χ4n) is 2.17. The van der Waals surface area contributed by atoms with Crippen LogP contribution < -0.4 is 5.32 Å². The quantitative estimate of drug-likeness (QED) is 0.894. The van der Waals surface area contributed by atoms with Gasteiger partial charge in [0.05, 0.1) is 14.6 Å². The first kappa shape index (κ1) is 13.5. The van der Waals surface area contributed by atoms with E-state index < -0.39 is 5.97 Å². The minimum Gasteiger partial charge on any atom is -0.481 e. The van der Waals surface area contributed by atoms with Crippen LogP contribution in [0.15, 0.2) is 9.85 Å². The first-order valence-corrected chi connectivity index (χ1v) is 7.38. The molecule has 4 nitrogen and oxygen atoms in total. The molecular weight excluding hydrogens is 318 g/mol. The average molecular weight is 332 g/mol. The lowest BCUT2D eigenvalue weighted by Crippen LogP contribution is -2.32. The molecule has 0 saturated heterocycles. The summed E-state index contributed by atoms with van der Waals surface area (Å²) < 4.78 is 0.961. The van der Waals surface area contributed by atoms with E-state index in [2.05, 4.69) is 21.2 Å². The number of hydrogen-bond donors (Lipinski definition) is 2. The van der Waals surface area contributed by atoms with E-state index in [1.165, 1.54) is 11.3 Å². The second kappa shape index (κ2) is 5.40. The van der Waals surface area contributed by atoms with Crippen molar-refractivity contribution in [2.24, 2.45) is 5.92 Å². The predicted octanol–water partition coefficient (Wildman–Crippen LogP) is 2.80. The Morgan fingerprint density at radius 3 is 2.72 bits per heavy atom. The van der Waals surface area contributed by atoms with Gasteiger partial charge in [-0.2, -0.15) is 0 Å². The van der Waals surface area contributed by atoms with E-state index >= 15 is 0 Å². The van der Waals surface area contributed by atoms with Crippen LogP contribution in [0.1, 0.15) is 34.5 Å². The van der Waals surface area contributed by atoms with Crippen molar-refractivity contribution in [1.82, 2.24) is 5.32 Å². The zero-order valence-electron chi connectivity index (χ0n) is 9.90. The van der Waals surface area contributed by atoms with Crippen LogP contribution in [-0.4, -0.2) is 23.0 Å². The van der Waals surface area contributed by atoms with Crippen LogP contribution in [-0.2, 0) is 4.79 Å².